The van der Waals surface area contributed by atoms with Gasteiger partial charge in [-0.1, -0.05) is 6.92 Å². The number of nitrogens with one attached hydrogen (secondary N) is 3. The van der Waals surface area contributed by atoms with Crippen LogP contribution < -0.4 is 16.0 Å². The van der Waals surface area contributed by atoms with E-state index in [4.69, 9.17) is 5.26 Å². The number of nitrogens with zero attached hydrogens (tertiary/aromatic N) is 4. The topological polar surface area (TPSA) is 144 Å². The van der Waals surface area contributed by atoms with Gasteiger partial charge in [-0.2, -0.15) is 10.4 Å². The number of hydrogen-bond donors (Lipinski definition) is 4. The van der Waals surface area contributed by atoms with Crippen molar-refractivity contribution >= 4 is 23.0 Å². The third-order valence-electron chi connectivity index (χ3n) is 6.75. The van der Waals surface area contributed by atoms with Crippen molar-refractivity contribution in [3.8, 4) is 17.5 Å². The summed E-state index contributed by atoms with van der Waals surface area (Å²) in [6.07, 6.45) is 3.35. The monoisotopic (exact) mass is 521 g/mol. The number of amides is 2. The third-order valence-corrected chi connectivity index (χ3v) is 6.75. The van der Waals surface area contributed by atoms with Gasteiger partial charge < -0.3 is 21.1 Å². The quantitative estimate of drug-likeness (QED) is 0.321. The highest BCUT2D eigenvalue weighted by atomic mass is 19.1. The van der Waals surface area contributed by atoms with Gasteiger partial charge in [0.05, 0.1) is 52.1 Å². The molecule has 200 valence electrons. The zero-order valence-corrected chi connectivity index (χ0v) is 21.7. The molecule has 3 aromatic heterocycles. The molecule has 0 unspecified atom stereocenters. The Morgan fingerprint density at radius 2 is 2.03 bits per heavy atom. The second kappa shape index (κ2) is 11.1. The number of aliphatic hydroxyl groups is 1. The highest BCUT2D eigenvalue weighted by molar-refractivity contribution is 6.00. The summed E-state index contributed by atoms with van der Waals surface area (Å²) in [5.41, 5.74) is 1.62. The first-order chi connectivity index (χ1) is 18.1. The highest BCUT2D eigenvalue weighted by Gasteiger charge is 2.31. The van der Waals surface area contributed by atoms with Gasteiger partial charge in [0.25, 0.3) is 5.91 Å². The second-order valence-corrected chi connectivity index (χ2v) is 10.2. The lowest BCUT2D eigenvalue weighted by Crippen LogP contribution is -2.43. The van der Waals surface area contributed by atoms with Crippen LogP contribution in [0.15, 0.2) is 36.7 Å². The van der Waals surface area contributed by atoms with Gasteiger partial charge in [0.15, 0.2) is 0 Å². The summed E-state index contributed by atoms with van der Waals surface area (Å²) in [6, 6.07) is 9.30. The van der Waals surface area contributed by atoms with E-state index < -0.39 is 17.7 Å². The van der Waals surface area contributed by atoms with Crippen LogP contribution in [-0.4, -0.2) is 62.4 Å². The van der Waals surface area contributed by atoms with E-state index in [2.05, 4.69) is 32.1 Å². The van der Waals surface area contributed by atoms with Crippen molar-refractivity contribution < 1.29 is 19.1 Å². The Hall–Kier alpha value is -4.04. The van der Waals surface area contributed by atoms with E-state index in [1.807, 2.05) is 19.1 Å². The van der Waals surface area contributed by atoms with Crippen LogP contribution in [0, 0.1) is 17.2 Å². The molecule has 1 atom stereocenters. The molecule has 0 spiro atoms. The maximum Gasteiger partial charge on any atom is 0.255 e. The fraction of sp³-hybridized carbons (Fsp3) is 0.444. The molecule has 4 N–H and O–H groups in total. The summed E-state index contributed by atoms with van der Waals surface area (Å²) in [5, 5.41) is 32.2. The lowest BCUT2D eigenvalue weighted by molar-refractivity contribution is -0.121. The van der Waals surface area contributed by atoms with Crippen LogP contribution >= 0.6 is 0 Å². The van der Waals surface area contributed by atoms with Crippen molar-refractivity contribution in [2.75, 3.05) is 18.4 Å². The van der Waals surface area contributed by atoms with Crippen LogP contribution in [0.4, 0.5) is 10.1 Å². The van der Waals surface area contributed by atoms with Crippen molar-refractivity contribution in [3.05, 3.63) is 47.8 Å². The minimum Gasteiger partial charge on any atom is -0.387 e. The smallest absolute Gasteiger partial charge is 0.255 e. The van der Waals surface area contributed by atoms with Gasteiger partial charge >= 0.3 is 0 Å². The molecule has 0 radical (unpaired) electrons. The minimum absolute atomic E-state index is 0.0197. The Bertz CT molecular complexity index is 1370. The molecular formula is C27H32FN7O3. The largest absolute Gasteiger partial charge is 0.387 e. The van der Waals surface area contributed by atoms with Gasteiger partial charge in [-0.25, -0.2) is 8.91 Å². The first-order valence-corrected chi connectivity index (χ1v) is 12.6. The standard InChI is InChI=1S/C27H32FN7O3/c1-4-25(36)31-12-16-7-18(8-16)34-21-10-22(23-6-5-19-9-17(11-29)13-33-35(19)23)30-14-20(21)26(37)32-15-24(28)27(2,3)38/h5-6,9-10,13-14,16,18,24,38H,4,7-8,12,15H2,1-3H3,(H,30,34)(H,31,36)(H,32,37)/t16-,18-,24-/m1/s1. The maximum absolute atomic E-state index is 14.3. The van der Waals surface area contributed by atoms with Gasteiger partial charge in [0.2, 0.25) is 5.91 Å². The summed E-state index contributed by atoms with van der Waals surface area (Å²) in [7, 11) is 0. The molecule has 3 aromatic rings. The molecule has 1 aliphatic rings. The van der Waals surface area contributed by atoms with E-state index in [9.17, 15) is 19.1 Å². The van der Waals surface area contributed by atoms with E-state index >= 15 is 0 Å². The van der Waals surface area contributed by atoms with Crippen molar-refractivity contribution in [2.24, 2.45) is 5.92 Å². The zero-order chi connectivity index (χ0) is 27.4. The van der Waals surface area contributed by atoms with E-state index in [0.717, 1.165) is 18.4 Å². The fourth-order valence-corrected chi connectivity index (χ4v) is 4.30. The normalized spacial score (nSPS) is 17.8. The average Bonchev–Trinajstić information content (AvgIpc) is 3.30. The highest BCUT2D eigenvalue weighted by Crippen LogP contribution is 2.32. The van der Waals surface area contributed by atoms with Crippen LogP contribution in [0.1, 0.15) is 56.0 Å². The predicted octanol–water partition coefficient (Wildman–Crippen LogP) is 2.82. The van der Waals surface area contributed by atoms with E-state index in [0.29, 0.717) is 41.5 Å². The average molecular weight is 522 g/mol. The van der Waals surface area contributed by atoms with Gasteiger partial charge in [-0.15, -0.1) is 0 Å². The Kier molecular flexibility index (Phi) is 7.92. The van der Waals surface area contributed by atoms with Crippen LogP contribution in [0.2, 0.25) is 0 Å². The molecule has 2 amide bonds. The summed E-state index contributed by atoms with van der Waals surface area (Å²) in [4.78, 5) is 29.0. The van der Waals surface area contributed by atoms with Gasteiger partial charge in [-0.3, -0.25) is 14.6 Å². The molecule has 0 aromatic carbocycles. The van der Waals surface area contributed by atoms with Crippen LogP contribution in [0.5, 0.6) is 0 Å². The van der Waals surface area contributed by atoms with E-state index in [-0.39, 0.29) is 24.1 Å². The maximum atomic E-state index is 14.3. The summed E-state index contributed by atoms with van der Waals surface area (Å²) >= 11 is 0. The molecule has 0 saturated heterocycles. The number of pyridine rings is 1. The number of fused-ring (bicyclic) bond motifs is 1. The zero-order valence-electron chi connectivity index (χ0n) is 21.7. The van der Waals surface area contributed by atoms with Crippen molar-refractivity contribution in [2.45, 2.75) is 57.8 Å². The molecule has 0 bridgehead atoms. The van der Waals surface area contributed by atoms with E-state index in [1.54, 1.807) is 16.6 Å². The molecule has 38 heavy (non-hydrogen) atoms. The number of aromatic nitrogens is 3. The Balaban J connectivity index is 1.56. The van der Waals surface area contributed by atoms with Gasteiger partial charge in [0, 0.05) is 25.2 Å². The molecule has 11 heteroatoms. The summed E-state index contributed by atoms with van der Waals surface area (Å²) < 4.78 is 15.9. The van der Waals surface area contributed by atoms with Crippen LogP contribution in [0.25, 0.3) is 16.9 Å². The summed E-state index contributed by atoms with van der Waals surface area (Å²) in [6.45, 7) is 4.77. The number of carbonyl (C=O) groups is 2. The van der Waals surface area contributed by atoms with E-state index in [1.165, 1.54) is 26.2 Å². The molecule has 3 heterocycles. The Morgan fingerprint density at radius 1 is 1.26 bits per heavy atom. The second-order valence-electron chi connectivity index (χ2n) is 10.2. The molecule has 0 aliphatic heterocycles. The number of alkyl halides is 1. The number of rotatable bonds is 10. The molecule has 1 aliphatic carbocycles. The molecule has 10 nitrogen and oxygen atoms in total. The lowest BCUT2D eigenvalue weighted by atomic mass is 9.80. The number of halogens is 1. The molecule has 1 saturated carbocycles. The Labute approximate surface area is 220 Å². The number of anilines is 1. The SMILES string of the molecule is CCC(=O)NC[C@H]1C[C@H](Nc2cc(-c3ccc4cc(C#N)cnn34)ncc2C(=O)NC[C@@H](F)C(C)(C)O)C1. The molecule has 4 rings (SSSR count). The molecule has 1 fully saturated rings. The van der Waals surface area contributed by atoms with Crippen LogP contribution in [0.3, 0.4) is 0 Å². The number of carbonyl (C=O) groups excluding carboxylic acids is 2. The number of hydrogen-bond acceptors (Lipinski definition) is 7. The summed E-state index contributed by atoms with van der Waals surface area (Å²) in [5.74, 6) is -0.151. The van der Waals surface area contributed by atoms with Crippen LogP contribution in [-0.2, 0) is 4.79 Å². The fourth-order valence-electron chi connectivity index (χ4n) is 4.30. The van der Waals surface area contributed by atoms with Gasteiger partial charge in [-0.05, 0) is 56.9 Å². The first kappa shape index (κ1) is 27.0. The van der Waals surface area contributed by atoms with Crippen molar-refractivity contribution in [1.29, 1.82) is 5.26 Å². The molecular weight excluding hydrogens is 489 g/mol. The minimum atomic E-state index is -1.64. The third kappa shape index (κ3) is 6.08. The Morgan fingerprint density at radius 3 is 2.71 bits per heavy atom. The first-order valence-electron chi connectivity index (χ1n) is 12.6. The lowest BCUT2D eigenvalue weighted by Gasteiger charge is -2.37. The number of nitriles is 1. The predicted molar refractivity (Wildman–Crippen MR) is 140 cm³/mol. The van der Waals surface area contributed by atoms with Gasteiger partial charge in [0.1, 0.15) is 12.2 Å². The van der Waals surface area contributed by atoms with Crippen molar-refractivity contribution in [3.63, 3.8) is 0 Å². The van der Waals surface area contributed by atoms with Crippen molar-refractivity contribution in [1.82, 2.24) is 25.2 Å².